The zero-order chi connectivity index (χ0) is 12.4. The monoisotopic (exact) mass is 275 g/mol. The average molecular weight is 276 g/mol. The van der Waals surface area contributed by atoms with Crippen molar-refractivity contribution in [2.45, 2.75) is 0 Å². The maximum absolute atomic E-state index is 13.1. The average Bonchev–Trinajstić information content (AvgIpc) is 2.26. The van der Waals surface area contributed by atoms with Crippen LogP contribution in [0.2, 0.25) is 10.0 Å². The van der Waals surface area contributed by atoms with Crippen molar-refractivity contribution in [3.05, 3.63) is 46.3 Å². The van der Waals surface area contributed by atoms with Gasteiger partial charge in [0.2, 0.25) is 5.95 Å². The molecule has 0 unspecified atom stereocenters. The molecule has 0 radical (unpaired) electrons. The van der Waals surface area contributed by atoms with Gasteiger partial charge in [-0.05, 0) is 12.1 Å². The van der Waals surface area contributed by atoms with Crippen molar-refractivity contribution in [1.29, 1.82) is 0 Å². The van der Waals surface area contributed by atoms with E-state index in [9.17, 15) is 8.78 Å². The van der Waals surface area contributed by atoms with Crippen LogP contribution < -0.4 is 5.32 Å². The van der Waals surface area contributed by atoms with E-state index in [4.69, 9.17) is 23.2 Å². The van der Waals surface area contributed by atoms with Crippen molar-refractivity contribution < 1.29 is 8.78 Å². The molecule has 1 heterocycles. The summed E-state index contributed by atoms with van der Waals surface area (Å²) < 4.78 is 25.9. The Hall–Kier alpha value is -1.46. The van der Waals surface area contributed by atoms with Gasteiger partial charge in [0, 0.05) is 11.8 Å². The predicted octanol–water partition coefficient (Wildman–Crippen LogP) is 3.81. The van der Waals surface area contributed by atoms with Crippen LogP contribution in [0.25, 0.3) is 0 Å². The Morgan fingerprint density at radius 1 is 1.00 bits per heavy atom. The fourth-order valence-corrected chi connectivity index (χ4v) is 1.66. The van der Waals surface area contributed by atoms with Crippen molar-refractivity contribution in [3.63, 3.8) is 0 Å². The van der Waals surface area contributed by atoms with Gasteiger partial charge >= 0.3 is 0 Å². The zero-order valence-corrected chi connectivity index (χ0v) is 9.73. The lowest BCUT2D eigenvalue weighted by Crippen LogP contribution is -1.96. The molecule has 0 saturated heterocycles. The molecule has 17 heavy (non-hydrogen) atoms. The maximum Gasteiger partial charge on any atom is 0.218 e. The van der Waals surface area contributed by atoms with E-state index in [0.717, 1.165) is 12.4 Å². The van der Waals surface area contributed by atoms with E-state index in [1.165, 1.54) is 12.1 Å². The molecule has 2 rings (SSSR count). The fourth-order valence-electron chi connectivity index (χ4n) is 1.18. The van der Waals surface area contributed by atoms with Gasteiger partial charge in [-0.3, -0.25) is 0 Å². The summed E-state index contributed by atoms with van der Waals surface area (Å²) in [6, 6.07) is 3.73. The molecular formula is C10H5Cl2F2N3. The van der Waals surface area contributed by atoms with Gasteiger partial charge in [-0.2, -0.15) is 4.39 Å². The number of nitrogens with zero attached hydrogens (tertiary/aromatic N) is 2. The molecule has 1 aromatic carbocycles. The van der Waals surface area contributed by atoms with Gasteiger partial charge in [-0.1, -0.05) is 23.2 Å². The number of hydrogen-bond donors (Lipinski definition) is 1. The molecule has 0 bridgehead atoms. The molecular weight excluding hydrogens is 271 g/mol. The largest absolute Gasteiger partial charge is 0.340 e. The molecule has 0 aliphatic heterocycles. The highest BCUT2D eigenvalue weighted by molar-refractivity contribution is 6.35. The van der Waals surface area contributed by atoms with E-state index in [1.807, 2.05) is 0 Å². The summed E-state index contributed by atoms with van der Waals surface area (Å²) in [6.07, 6.45) is 1.06. The minimum Gasteiger partial charge on any atom is -0.340 e. The minimum atomic E-state index is -0.701. The summed E-state index contributed by atoms with van der Waals surface area (Å²) >= 11 is 11.2. The lowest BCUT2D eigenvalue weighted by atomic mass is 10.3. The van der Waals surface area contributed by atoms with Crippen LogP contribution in [0.1, 0.15) is 0 Å². The molecule has 1 N–H and O–H groups in total. The first-order chi connectivity index (χ1) is 8.06. The SMILES string of the molecule is Fc1cc(Nc2cc(Cl)c(F)c(Cl)c2)ncn1. The van der Waals surface area contributed by atoms with Crippen molar-refractivity contribution in [3.8, 4) is 0 Å². The van der Waals surface area contributed by atoms with Crippen molar-refractivity contribution in [2.75, 3.05) is 5.32 Å². The maximum atomic E-state index is 13.1. The van der Waals surface area contributed by atoms with Gasteiger partial charge in [0.25, 0.3) is 0 Å². The topological polar surface area (TPSA) is 37.8 Å². The first-order valence-corrected chi connectivity index (χ1v) is 5.21. The highest BCUT2D eigenvalue weighted by Crippen LogP contribution is 2.28. The summed E-state index contributed by atoms with van der Waals surface area (Å²) in [6.45, 7) is 0. The van der Waals surface area contributed by atoms with Gasteiger partial charge in [0.05, 0.1) is 10.0 Å². The Kier molecular flexibility index (Phi) is 3.40. The van der Waals surface area contributed by atoms with Crippen LogP contribution in [-0.4, -0.2) is 9.97 Å². The third-order valence-corrected chi connectivity index (χ3v) is 2.44. The normalized spacial score (nSPS) is 10.4. The number of rotatable bonds is 2. The Balaban J connectivity index is 2.31. The van der Waals surface area contributed by atoms with E-state index in [2.05, 4.69) is 15.3 Å². The molecule has 0 fully saturated rings. The predicted molar refractivity (Wildman–Crippen MR) is 61.7 cm³/mol. The molecule has 0 aliphatic carbocycles. The smallest absolute Gasteiger partial charge is 0.218 e. The van der Waals surface area contributed by atoms with Crippen molar-refractivity contribution in [1.82, 2.24) is 9.97 Å². The molecule has 7 heteroatoms. The molecule has 2 aromatic rings. The van der Waals surface area contributed by atoms with Gasteiger partial charge < -0.3 is 5.32 Å². The third-order valence-electron chi connectivity index (χ3n) is 1.89. The van der Waals surface area contributed by atoms with Gasteiger partial charge in [0.1, 0.15) is 12.1 Å². The van der Waals surface area contributed by atoms with Crippen LogP contribution in [0.4, 0.5) is 20.3 Å². The second kappa shape index (κ2) is 4.81. The Morgan fingerprint density at radius 2 is 1.65 bits per heavy atom. The molecule has 3 nitrogen and oxygen atoms in total. The van der Waals surface area contributed by atoms with Crippen LogP contribution in [0.5, 0.6) is 0 Å². The molecule has 88 valence electrons. The van der Waals surface area contributed by atoms with Crippen LogP contribution in [-0.2, 0) is 0 Å². The summed E-state index contributed by atoms with van der Waals surface area (Å²) in [5.41, 5.74) is 0.402. The number of hydrogen-bond acceptors (Lipinski definition) is 3. The van der Waals surface area contributed by atoms with Crippen LogP contribution in [0.3, 0.4) is 0 Å². The van der Waals surface area contributed by atoms with E-state index in [-0.39, 0.29) is 15.9 Å². The molecule has 0 spiro atoms. The first kappa shape index (κ1) is 12.0. The second-order valence-corrected chi connectivity index (χ2v) is 3.92. The molecule has 0 saturated carbocycles. The van der Waals surface area contributed by atoms with Crippen molar-refractivity contribution in [2.24, 2.45) is 0 Å². The van der Waals surface area contributed by atoms with E-state index in [0.29, 0.717) is 5.69 Å². The van der Waals surface area contributed by atoms with E-state index < -0.39 is 11.8 Å². The van der Waals surface area contributed by atoms with Crippen LogP contribution in [0, 0.1) is 11.8 Å². The van der Waals surface area contributed by atoms with Gasteiger partial charge in [0.15, 0.2) is 5.82 Å². The highest BCUT2D eigenvalue weighted by atomic mass is 35.5. The lowest BCUT2D eigenvalue weighted by molar-refractivity contribution is 0.580. The number of halogens is 4. The second-order valence-electron chi connectivity index (χ2n) is 3.10. The third kappa shape index (κ3) is 2.81. The minimum absolute atomic E-state index is 0.130. The summed E-state index contributed by atoms with van der Waals surface area (Å²) in [5.74, 6) is -1.16. The molecule has 0 atom stereocenters. The summed E-state index contributed by atoms with van der Waals surface area (Å²) in [4.78, 5) is 7.08. The Morgan fingerprint density at radius 3 is 2.24 bits per heavy atom. The highest BCUT2D eigenvalue weighted by Gasteiger charge is 2.08. The quantitative estimate of drug-likeness (QED) is 0.669. The van der Waals surface area contributed by atoms with Crippen molar-refractivity contribution >= 4 is 34.7 Å². The molecule has 0 amide bonds. The number of aromatic nitrogens is 2. The van der Waals surface area contributed by atoms with E-state index in [1.54, 1.807) is 0 Å². The Bertz CT molecular complexity index is 540. The van der Waals surface area contributed by atoms with Crippen LogP contribution in [0.15, 0.2) is 24.5 Å². The summed E-state index contributed by atoms with van der Waals surface area (Å²) in [7, 11) is 0. The van der Waals surface area contributed by atoms with Crippen LogP contribution >= 0.6 is 23.2 Å². The Labute approximate surface area is 105 Å². The zero-order valence-electron chi connectivity index (χ0n) is 8.22. The lowest BCUT2D eigenvalue weighted by Gasteiger charge is -2.07. The standard InChI is InChI=1S/C10H5Cl2F2N3/c11-6-1-5(2-7(12)10(6)14)17-9-3-8(13)15-4-16-9/h1-4H,(H,15,16,17). The summed E-state index contributed by atoms with van der Waals surface area (Å²) in [5, 5.41) is 2.47. The number of benzene rings is 1. The molecule has 1 aromatic heterocycles. The first-order valence-electron chi connectivity index (χ1n) is 4.45. The van der Waals surface area contributed by atoms with Gasteiger partial charge in [-0.15, -0.1) is 0 Å². The fraction of sp³-hybridized carbons (Fsp3) is 0. The van der Waals surface area contributed by atoms with E-state index >= 15 is 0 Å². The number of nitrogens with one attached hydrogen (secondary N) is 1. The number of anilines is 2. The molecule has 0 aliphatic rings. The van der Waals surface area contributed by atoms with Gasteiger partial charge in [-0.25, -0.2) is 14.4 Å².